The molecule has 2 heterocycles. The van der Waals surface area contributed by atoms with E-state index in [1.54, 1.807) is 0 Å². The van der Waals surface area contributed by atoms with Gasteiger partial charge in [-0.1, -0.05) is 141 Å². The highest BCUT2D eigenvalue weighted by atomic mass is 16.7. The van der Waals surface area contributed by atoms with Gasteiger partial charge in [-0.15, -0.1) is 0 Å². The molecule has 14 heteroatoms. The highest BCUT2D eigenvalue weighted by Crippen LogP contribution is 2.26. The van der Waals surface area contributed by atoms with Crippen LogP contribution in [-0.2, 0) is 33.2 Å². The molecule has 0 radical (unpaired) electrons. The van der Waals surface area contributed by atoms with Crippen LogP contribution in [0.3, 0.4) is 0 Å². The molecule has 0 aliphatic carbocycles. The van der Waals surface area contributed by atoms with E-state index in [0.717, 1.165) is 64.2 Å². The number of ether oxygens (including phenoxy) is 6. The quantitative estimate of drug-likeness (QED) is 0.0184. The second kappa shape index (κ2) is 38.4. The number of carbonyl (C=O) groups excluding carboxylic acids is 1. The van der Waals surface area contributed by atoms with Crippen molar-refractivity contribution in [3.63, 3.8) is 0 Å². The normalized spacial score (nSPS) is 26.9. The number of hydrogen-bond donors (Lipinski definition) is 7. The summed E-state index contributed by atoms with van der Waals surface area (Å²) in [6.45, 7) is 3.66. The maximum Gasteiger partial charge on any atom is 0.306 e. The molecule has 0 bridgehead atoms. The van der Waals surface area contributed by atoms with Gasteiger partial charge in [-0.3, -0.25) is 4.79 Å². The zero-order valence-electron chi connectivity index (χ0n) is 39.8. The topological polar surface area (TPSA) is 214 Å². The third-order valence-corrected chi connectivity index (χ3v) is 12.2. The molecule has 7 N–H and O–H groups in total. The van der Waals surface area contributed by atoms with Crippen molar-refractivity contribution < 1.29 is 69.0 Å². The first-order chi connectivity index (χ1) is 31.1. The lowest BCUT2D eigenvalue weighted by molar-refractivity contribution is -0.332. The van der Waals surface area contributed by atoms with E-state index in [-0.39, 0.29) is 25.6 Å². The number of esters is 1. The van der Waals surface area contributed by atoms with Crippen LogP contribution in [0.5, 0.6) is 0 Å². The number of unbranched alkanes of at least 4 members (excludes halogenated alkanes) is 22. The maximum atomic E-state index is 13.0. The van der Waals surface area contributed by atoms with Crippen LogP contribution in [0, 0.1) is 0 Å². The Morgan fingerprint density at radius 1 is 0.500 bits per heavy atom. The van der Waals surface area contributed by atoms with E-state index in [1.807, 2.05) is 0 Å². The van der Waals surface area contributed by atoms with Gasteiger partial charge in [0.1, 0.15) is 54.9 Å². The fourth-order valence-electron chi connectivity index (χ4n) is 7.98. The summed E-state index contributed by atoms with van der Waals surface area (Å²) in [5.74, 6) is -0.386. The van der Waals surface area contributed by atoms with Crippen LogP contribution in [0.15, 0.2) is 24.3 Å². The van der Waals surface area contributed by atoms with Crippen molar-refractivity contribution in [2.24, 2.45) is 0 Å². The van der Waals surface area contributed by atoms with Crippen LogP contribution in [0.1, 0.15) is 187 Å². The molecule has 0 spiro atoms. The molecule has 2 aliphatic rings. The minimum absolute atomic E-state index is 0.0562. The second-order valence-corrected chi connectivity index (χ2v) is 18.0. The van der Waals surface area contributed by atoms with Gasteiger partial charge >= 0.3 is 5.97 Å². The van der Waals surface area contributed by atoms with Crippen molar-refractivity contribution in [1.82, 2.24) is 0 Å². The van der Waals surface area contributed by atoms with Gasteiger partial charge in [-0.2, -0.15) is 0 Å². The summed E-state index contributed by atoms with van der Waals surface area (Å²) in [4.78, 5) is 13.0. The SMILES string of the molecule is CCCCCCC/C=C\CCCCCCCCOCC(COC1OC(COC2OC(CO)C(O)C(O)C2O)C(O)C(O)C1O)OC(=O)CCCCCCC/C=C\CCCCCCCC. The van der Waals surface area contributed by atoms with Gasteiger partial charge in [0.25, 0.3) is 0 Å². The summed E-state index contributed by atoms with van der Waals surface area (Å²) in [7, 11) is 0. The monoisotopic (exact) mass is 917 g/mol. The second-order valence-electron chi connectivity index (χ2n) is 18.0. The molecule has 2 fully saturated rings. The number of hydrogen-bond acceptors (Lipinski definition) is 14. The summed E-state index contributed by atoms with van der Waals surface area (Å²) in [5.41, 5.74) is 0. The van der Waals surface area contributed by atoms with E-state index in [4.69, 9.17) is 28.4 Å². The number of aliphatic hydroxyl groups excluding tert-OH is 7. The van der Waals surface area contributed by atoms with Gasteiger partial charge < -0.3 is 64.2 Å². The molecule has 2 rings (SSSR count). The molecule has 64 heavy (non-hydrogen) atoms. The van der Waals surface area contributed by atoms with Crippen LogP contribution in [0.4, 0.5) is 0 Å². The van der Waals surface area contributed by atoms with E-state index in [0.29, 0.717) is 13.0 Å². The summed E-state index contributed by atoms with van der Waals surface area (Å²) in [6.07, 6.45) is 23.8. The third kappa shape index (κ3) is 26.1. The van der Waals surface area contributed by atoms with Crippen LogP contribution >= 0.6 is 0 Å². The van der Waals surface area contributed by atoms with Crippen LogP contribution in [-0.4, -0.2) is 142 Å². The Hall–Kier alpha value is -1.53. The summed E-state index contributed by atoms with van der Waals surface area (Å²) >= 11 is 0. The molecule has 2 saturated heterocycles. The lowest BCUT2D eigenvalue weighted by Crippen LogP contribution is -2.61. The van der Waals surface area contributed by atoms with Crippen molar-refractivity contribution in [2.45, 2.75) is 255 Å². The molecule has 0 aromatic rings. The van der Waals surface area contributed by atoms with E-state index >= 15 is 0 Å². The number of aliphatic hydroxyl groups is 7. The molecule has 0 aromatic heterocycles. The molecule has 0 saturated carbocycles. The molecule has 0 aromatic carbocycles. The molecular weight excluding hydrogens is 825 g/mol. The number of rotatable bonds is 40. The smallest absolute Gasteiger partial charge is 0.306 e. The predicted octanol–water partition coefficient (Wildman–Crippen LogP) is 7.24. The zero-order chi connectivity index (χ0) is 46.6. The molecule has 14 nitrogen and oxygen atoms in total. The largest absolute Gasteiger partial charge is 0.457 e. The number of allylic oxidation sites excluding steroid dienone is 4. The molecule has 0 amide bonds. The van der Waals surface area contributed by atoms with Crippen LogP contribution in [0.25, 0.3) is 0 Å². The molecule has 11 unspecified atom stereocenters. The highest BCUT2D eigenvalue weighted by Gasteiger charge is 2.47. The zero-order valence-corrected chi connectivity index (χ0v) is 39.8. The van der Waals surface area contributed by atoms with E-state index in [2.05, 4.69) is 38.2 Å². The Morgan fingerprint density at radius 2 is 0.922 bits per heavy atom. The average molecular weight is 917 g/mol. The van der Waals surface area contributed by atoms with Crippen molar-refractivity contribution in [2.75, 3.05) is 33.0 Å². The number of carbonyl (C=O) groups is 1. The summed E-state index contributed by atoms with van der Waals surface area (Å²) < 4.78 is 34.2. The first-order valence-electron chi connectivity index (χ1n) is 25.4. The third-order valence-electron chi connectivity index (χ3n) is 12.2. The summed E-state index contributed by atoms with van der Waals surface area (Å²) in [6, 6.07) is 0. The Bertz CT molecular complexity index is 1160. The lowest BCUT2D eigenvalue weighted by atomic mass is 9.98. The molecule has 2 aliphatic heterocycles. The molecule has 11 atom stereocenters. The highest BCUT2D eigenvalue weighted by molar-refractivity contribution is 5.69. The van der Waals surface area contributed by atoms with Gasteiger partial charge in [0.05, 0.1) is 26.4 Å². The Morgan fingerprint density at radius 3 is 1.42 bits per heavy atom. The van der Waals surface area contributed by atoms with E-state index in [1.165, 1.54) is 96.3 Å². The Balaban J connectivity index is 1.78. The standard InChI is InChI=1S/C50H92O14/c1-3-5-7-9-11-13-15-17-19-21-23-25-27-29-31-33-42(52)62-39(36-59-34-32-30-28-26-24-22-20-18-16-14-12-10-8-6-4-2)37-60-49-48(58)46(56)44(54)41(64-49)38-61-50-47(57)45(55)43(53)40(35-51)63-50/h16-19,39-41,43-51,53-58H,3-15,20-38H2,1-2H3/b18-16-,19-17-. The van der Waals surface area contributed by atoms with Gasteiger partial charge in [0, 0.05) is 13.0 Å². The van der Waals surface area contributed by atoms with Crippen molar-refractivity contribution in [3.05, 3.63) is 24.3 Å². The minimum Gasteiger partial charge on any atom is -0.457 e. The Labute approximate surface area is 386 Å². The van der Waals surface area contributed by atoms with Gasteiger partial charge in [0.15, 0.2) is 12.6 Å². The van der Waals surface area contributed by atoms with Crippen LogP contribution in [0.2, 0.25) is 0 Å². The predicted molar refractivity (Wildman–Crippen MR) is 247 cm³/mol. The van der Waals surface area contributed by atoms with Crippen molar-refractivity contribution in [3.8, 4) is 0 Å². The fraction of sp³-hybridized carbons (Fsp3) is 0.900. The van der Waals surface area contributed by atoms with Crippen LogP contribution < -0.4 is 0 Å². The van der Waals surface area contributed by atoms with Gasteiger partial charge in [0.2, 0.25) is 0 Å². The van der Waals surface area contributed by atoms with Crippen molar-refractivity contribution >= 4 is 5.97 Å². The lowest BCUT2D eigenvalue weighted by Gasteiger charge is -2.42. The van der Waals surface area contributed by atoms with Crippen molar-refractivity contribution in [1.29, 1.82) is 0 Å². The van der Waals surface area contributed by atoms with E-state index in [9.17, 15) is 40.5 Å². The molecule has 376 valence electrons. The fourth-order valence-corrected chi connectivity index (χ4v) is 7.98. The Kier molecular flexibility index (Phi) is 35.2. The molecular formula is C50H92O14. The minimum atomic E-state index is -1.71. The first kappa shape index (κ1) is 58.6. The summed E-state index contributed by atoms with van der Waals surface area (Å²) in [5, 5.41) is 72.1. The van der Waals surface area contributed by atoms with E-state index < -0.39 is 80.7 Å². The maximum absolute atomic E-state index is 13.0. The first-order valence-corrected chi connectivity index (χ1v) is 25.4. The van der Waals surface area contributed by atoms with Gasteiger partial charge in [-0.25, -0.2) is 0 Å². The van der Waals surface area contributed by atoms with Gasteiger partial charge in [-0.05, 0) is 64.2 Å². The average Bonchev–Trinajstić information content (AvgIpc) is 3.29.